The van der Waals surface area contributed by atoms with Crippen molar-refractivity contribution < 1.29 is 19.1 Å². The molecule has 1 aliphatic carbocycles. The lowest BCUT2D eigenvalue weighted by atomic mass is 9.85. The fourth-order valence-corrected chi connectivity index (χ4v) is 3.35. The second-order valence-electron chi connectivity index (χ2n) is 6.84. The van der Waals surface area contributed by atoms with Crippen LogP contribution in [0.5, 0.6) is 0 Å². The lowest BCUT2D eigenvalue weighted by molar-refractivity contribution is -0.139. The van der Waals surface area contributed by atoms with Crippen molar-refractivity contribution in [1.29, 1.82) is 0 Å². The first kappa shape index (κ1) is 17.5. The largest absolute Gasteiger partial charge is 0.480 e. The number of rotatable bonds is 6. The number of carbonyl (C=O) groups is 2. The fourth-order valence-electron chi connectivity index (χ4n) is 3.35. The van der Waals surface area contributed by atoms with Gasteiger partial charge in [-0.05, 0) is 62.6 Å². The van der Waals surface area contributed by atoms with Gasteiger partial charge in [0, 0.05) is 17.5 Å². The van der Waals surface area contributed by atoms with E-state index in [2.05, 4.69) is 5.32 Å². The average molecular weight is 344 g/mol. The summed E-state index contributed by atoms with van der Waals surface area (Å²) >= 11 is 0. The zero-order valence-electron chi connectivity index (χ0n) is 14.8. The van der Waals surface area contributed by atoms with Crippen molar-refractivity contribution in [3.05, 3.63) is 35.1 Å². The van der Waals surface area contributed by atoms with Gasteiger partial charge < -0.3 is 14.8 Å². The van der Waals surface area contributed by atoms with E-state index < -0.39 is 5.97 Å². The third-order valence-corrected chi connectivity index (χ3v) is 5.07. The third-order valence-electron chi connectivity index (χ3n) is 5.07. The van der Waals surface area contributed by atoms with Crippen molar-refractivity contribution in [3.8, 4) is 0 Å². The number of aliphatic carboxylic acids is 1. The number of carboxylic acids is 1. The monoisotopic (exact) mass is 344 g/mol. The average Bonchev–Trinajstić information content (AvgIpc) is 2.91. The van der Waals surface area contributed by atoms with Crippen LogP contribution in [0.25, 0.3) is 11.0 Å². The number of amides is 1. The van der Waals surface area contributed by atoms with Crippen molar-refractivity contribution in [1.82, 2.24) is 10.2 Å². The summed E-state index contributed by atoms with van der Waals surface area (Å²) in [5, 5.41) is 12.8. The molecule has 25 heavy (non-hydrogen) atoms. The second kappa shape index (κ2) is 6.88. The molecule has 1 saturated carbocycles. The number of hydrogen-bond acceptors (Lipinski definition) is 4. The van der Waals surface area contributed by atoms with Crippen LogP contribution in [0.3, 0.4) is 0 Å². The van der Waals surface area contributed by atoms with E-state index in [9.17, 15) is 9.59 Å². The quantitative estimate of drug-likeness (QED) is 0.842. The molecule has 2 aromatic rings. The molecule has 1 fully saturated rings. The second-order valence-corrected chi connectivity index (χ2v) is 6.84. The third kappa shape index (κ3) is 3.69. The molecule has 1 aliphatic rings. The van der Waals surface area contributed by atoms with E-state index in [0.717, 1.165) is 29.4 Å². The minimum atomic E-state index is -0.817. The smallest absolute Gasteiger partial charge is 0.317 e. The highest BCUT2D eigenvalue weighted by atomic mass is 16.4. The van der Waals surface area contributed by atoms with E-state index in [1.807, 2.05) is 37.8 Å². The summed E-state index contributed by atoms with van der Waals surface area (Å²) in [5.74, 6) is -0.709. The summed E-state index contributed by atoms with van der Waals surface area (Å²) in [5.41, 5.74) is 3.02. The summed E-state index contributed by atoms with van der Waals surface area (Å²) in [6.45, 7) is 6.74. The number of nitrogens with zero attached hydrogens (tertiary/aromatic N) is 1. The minimum absolute atomic E-state index is 0.0457. The van der Waals surface area contributed by atoms with Crippen LogP contribution >= 0.6 is 0 Å². The van der Waals surface area contributed by atoms with Crippen LogP contribution in [0.1, 0.15) is 41.4 Å². The maximum Gasteiger partial charge on any atom is 0.317 e. The molecule has 0 spiro atoms. The summed E-state index contributed by atoms with van der Waals surface area (Å²) in [4.78, 5) is 25.2. The maximum absolute atomic E-state index is 12.4. The lowest BCUT2D eigenvalue weighted by Gasteiger charge is -2.42. The Balaban J connectivity index is 1.60. The van der Waals surface area contributed by atoms with Gasteiger partial charge in [0.05, 0.1) is 6.54 Å². The van der Waals surface area contributed by atoms with Gasteiger partial charge in [0.1, 0.15) is 5.58 Å². The van der Waals surface area contributed by atoms with Crippen molar-refractivity contribution in [2.75, 3.05) is 13.1 Å². The summed E-state index contributed by atoms with van der Waals surface area (Å²) in [7, 11) is 0. The molecule has 2 N–H and O–H groups in total. The summed E-state index contributed by atoms with van der Waals surface area (Å²) in [6.07, 6.45) is 1.54. The SMILES string of the molecule is CCN(CC(=O)O)C1CC(NC(=O)c2cc3cc(C)c(C)cc3o2)C1. The van der Waals surface area contributed by atoms with Crippen LogP contribution in [0.2, 0.25) is 0 Å². The van der Waals surface area contributed by atoms with Crippen molar-refractivity contribution >= 4 is 22.8 Å². The van der Waals surface area contributed by atoms with Crippen molar-refractivity contribution in [3.63, 3.8) is 0 Å². The molecule has 1 amide bonds. The van der Waals surface area contributed by atoms with Gasteiger partial charge >= 0.3 is 5.97 Å². The first-order valence-corrected chi connectivity index (χ1v) is 8.65. The predicted molar refractivity (Wildman–Crippen MR) is 94.8 cm³/mol. The molecule has 1 aromatic carbocycles. The number of benzene rings is 1. The number of nitrogens with one attached hydrogen (secondary N) is 1. The molecule has 0 bridgehead atoms. The number of carboxylic acid groups (broad SMARTS) is 1. The zero-order chi connectivity index (χ0) is 18.1. The van der Waals surface area contributed by atoms with E-state index in [-0.39, 0.29) is 24.5 Å². The molecule has 1 aromatic heterocycles. The molecule has 1 heterocycles. The van der Waals surface area contributed by atoms with Gasteiger partial charge in [-0.15, -0.1) is 0 Å². The molecule has 0 unspecified atom stereocenters. The Labute approximate surface area is 146 Å². The first-order chi connectivity index (χ1) is 11.9. The van der Waals surface area contributed by atoms with Crippen LogP contribution in [-0.4, -0.2) is 47.1 Å². The van der Waals surface area contributed by atoms with Gasteiger partial charge in [-0.3, -0.25) is 14.5 Å². The predicted octanol–water partition coefficient (Wildman–Crippen LogP) is 2.72. The van der Waals surface area contributed by atoms with Gasteiger partial charge in [0.25, 0.3) is 5.91 Å². The van der Waals surface area contributed by atoms with Gasteiger partial charge in [-0.1, -0.05) is 6.92 Å². The molecule has 134 valence electrons. The molecule has 0 radical (unpaired) electrons. The Morgan fingerprint density at radius 1 is 1.24 bits per heavy atom. The highest BCUT2D eigenvalue weighted by molar-refractivity contribution is 5.96. The Morgan fingerprint density at radius 3 is 2.56 bits per heavy atom. The number of aryl methyl sites for hydroxylation is 2. The topological polar surface area (TPSA) is 82.8 Å². The maximum atomic E-state index is 12.4. The van der Waals surface area contributed by atoms with Gasteiger partial charge in [0.2, 0.25) is 0 Å². The number of hydrogen-bond donors (Lipinski definition) is 2. The van der Waals surface area contributed by atoms with E-state index in [1.54, 1.807) is 6.07 Å². The molecular formula is C19H24N2O4. The number of fused-ring (bicyclic) bond motifs is 1. The molecule has 3 rings (SSSR count). The number of furan rings is 1. The Hall–Kier alpha value is -2.34. The van der Waals surface area contributed by atoms with Crippen LogP contribution in [0.4, 0.5) is 0 Å². The summed E-state index contributed by atoms with van der Waals surface area (Å²) in [6, 6.07) is 6.03. The number of likely N-dealkylation sites (N-methyl/N-ethyl adjacent to an activating group) is 1. The minimum Gasteiger partial charge on any atom is -0.480 e. The van der Waals surface area contributed by atoms with Gasteiger partial charge in [0.15, 0.2) is 5.76 Å². The molecule has 6 nitrogen and oxygen atoms in total. The van der Waals surface area contributed by atoms with Crippen LogP contribution in [0.15, 0.2) is 22.6 Å². The molecule has 0 aliphatic heterocycles. The normalized spacial score (nSPS) is 19.8. The van der Waals surface area contributed by atoms with Crippen LogP contribution in [0, 0.1) is 13.8 Å². The Morgan fingerprint density at radius 2 is 1.92 bits per heavy atom. The molecule has 6 heteroatoms. The molecule has 0 atom stereocenters. The number of carbonyl (C=O) groups excluding carboxylic acids is 1. The zero-order valence-corrected chi connectivity index (χ0v) is 14.8. The molecular weight excluding hydrogens is 320 g/mol. The van der Waals surface area contributed by atoms with Gasteiger partial charge in [-0.2, -0.15) is 0 Å². The van der Waals surface area contributed by atoms with Gasteiger partial charge in [-0.25, -0.2) is 0 Å². The van der Waals surface area contributed by atoms with E-state index >= 15 is 0 Å². The standard InChI is InChI=1S/C19H24N2O4/c1-4-21(10-18(22)23)15-8-14(9-15)20-19(24)17-7-13-5-11(2)12(3)6-16(13)25-17/h5-7,14-15H,4,8-10H2,1-3H3,(H,20,24)(H,22,23). The lowest BCUT2D eigenvalue weighted by Crippen LogP contribution is -2.54. The van der Waals surface area contributed by atoms with Crippen LogP contribution in [-0.2, 0) is 4.79 Å². The van der Waals surface area contributed by atoms with Crippen molar-refractivity contribution in [2.24, 2.45) is 0 Å². The van der Waals surface area contributed by atoms with Crippen molar-refractivity contribution in [2.45, 2.75) is 45.7 Å². The Bertz CT molecular complexity index is 766. The Kier molecular flexibility index (Phi) is 4.81. The highest BCUT2D eigenvalue weighted by Crippen LogP contribution is 2.27. The highest BCUT2D eigenvalue weighted by Gasteiger charge is 2.35. The van der Waals surface area contributed by atoms with E-state index in [1.165, 1.54) is 5.56 Å². The summed E-state index contributed by atoms with van der Waals surface area (Å²) < 4.78 is 5.68. The first-order valence-electron chi connectivity index (χ1n) is 8.65. The fraction of sp³-hybridized carbons (Fsp3) is 0.474. The van der Waals surface area contributed by atoms with E-state index in [0.29, 0.717) is 12.3 Å². The van der Waals surface area contributed by atoms with E-state index in [4.69, 9.17) is 9.52 Å². The molecule has 0 saturated heterocycles. The van der Waals surface area contributed by atoms with Crippen LogP contribution < -0.4 is 5.32 Å².